The van der Waals surface area contributed by atoms with E-state index < -0.39 is 0 Å². The second-order valence-corrected chi connectivity index (χ2v) is 2.33. The maximum atomic E-state index is 5.31. The van der Waals surface area contributed by atoms with Gasteiger partial charge < -0.3 is 5.73 Å². The summed E-state index contributed by atoms with van der Waals surface area (Å²) in [7, 11) is 0. The van der Waals surface area contributed by atoms with Gasteiger partial charge >= 0.3 is 0 Å². The molecule has 0 aliphatic rings. The molecule has 0 aliphatic carbocycles. The molecular formula is C10H11N3. The van der Waals surface area contributed by atoms with E-state index in [1.807, 2.05) is 12.1 Å². The summed E-state index contributed by atoms with van der Waals surface area (Å²) in [5.41, 5.74) is 6.94. The number of nitrogens with zero attached hydrogens (tertiary/aromatic N) is 2. The van der Waals surface area contributed by atoms with E-state index in [1.165, 1.54) is 6.20 Å². The Morgan fingerprint density at radius 3 is 2.69 bits per heavy atom. The predicted molar refractivity (Wildman–Crippen MR) is 54.9 cm³/mol. The lowest BCUT2D eigenvalue weighted by atomic mass is 10.3. The molecule has 0 fully saturated rings. The molecule has 1 heterocycles. The summed E-state index contributed by atoms with van der Waals surface area (Å²) in [6, 6.07) is 3.63. The molecule has 0 aliphatic heterocycles. The van der Waals surface area contributed by atoms with Gasteiger partial charge in [0.15, 0.2) is 0 Å². The van der Waals surface area contributed by atoms with E-state index in [0.717, 1.165) is 11.3 Å². The Morgan fingerprint density at radius 2 is 2.15 bits per heavy atom. The first kappa shape index (κ1) is 9.19. The number of rotatable bonds is 3. The molecule has 0 atom stereocenters. The maximum Gasteiger partial charge on any atom is 0.0660 e. The van der Waals surface area contributed by atoms with Crippen LogP contribution in [-0.4, -0.2) is 11.2 Å². The molecule has 0 aromatic carbocycles. The van der Waals surface area contributed by atoms with Gasteiger partial charge in [-0.2, -0.15) is 0 Å². The fraction of sp³-hybridized carbons (Fsp3) is 0. The van der Waals surface area contributed by atoms with Crippen molar-refractivity contribution in [1.29, 1.82) is 0 Å². The van der Waals surface area contributed by atoms with Crippen molar-refractivity contribution in [3.8, 4) is 0 Å². The van der Waals surface area contributed by atoms with Gasteiger partial charge in [0.1, 0.15) is 0 Å². The topological polar surface area (TPSA) is 51.3 Å². The van der Waals surface area contributed by atoms with Gasteiger partial charge in [0.05, 0.1) is 5.69 Å². The molecule has 0 saturated carbocycles. The quantitative estimate of drug-likeness (QED) is 0.559. The van der Waals surface area contributed by atoms with Crippen molar-refractivity contribution < 1.29 is 0 Å². The van der Waals surface area contributed by atoms with Crippen LogP contribution in [0.4, 0.5) is 5.69 Å². The Bertz CT molecular complexity index is 325. The van der Waals surface area contributed by atoms with Crippen molar-refractivity contribution in [2.75, 3.05) is 0 Å². The molecule has 3 heteroatoms. The monoisotopic (exact) mass is 173 g/mol. The van der Waals surface area contributed by atoms with Crippen molar-refractivity contribution >= 4 is 11.9 Å². The Labute approximate surface area is 77.3 Å². The molecular weight excluding hydrogens is 162 g/mol. The number of nitrogens with two attached hydrogens (primary N) is 1. The number of pyridine rings is 1. The first-order valence-corrected chi connectivity index (χ1v) is 3.85. The predicted octanol–water partition coefficient (Wildman–Crippen LogP) is 1.81. The highest BCUT2D eigenvalue weighted by Gasteiger charge is 1.85. The third-order valence-corrected chi connectivity index (χ3v) is 1.45. The minimum Gasteiger partial charge on any atom is -0.404 e. The molecule has 13 heavy (non-hydrogen) atoms. The van der Waals surface area contributed by atoms with Gasteiger partial charge in [0.25, 0.3) is 0 Å². The molecule has 0 bridgehead atoms. The lowest BCUT2D eigenvalue weighted by Crippen LogP contribution is -1.86. The zero-order valence-electron chi connectivity index (χ0n) is 7.22. The van der Waals surface area contributed by atoms with Crippen LogP contribution in [0.1, 0.15) is 0 Å². The molecule has 0 amide bonds. The zero-order valence-corrected chi connectivity index (χ0v) is 7.22. The van der Waals surface area contributed by atoms with Crippen molar-refractivity contribution in [2.24, 2.45) is 10.7 Å². The highest BCUT2D eigenvalue weighted by molar-refractivity contribution is 5.83. The molecule has 0 saturated heterocycles. The molecule has 0 spiro atoms. The Balaban J connectivity index is 2.74. The number of hydrogen-bond acceptors (Lipinski definition) is 3. The molecule has 66 valence electrons. The van der Waals surface area contributed by atoms with Gasteiger partial charge in [-0.1, -0.05) is 12.7 Å². The average molecular weight is 173 g/mol. The van der Waals surface area contributed by atoms with Crippen LogP contribution in [0.2, 0.25) is 0 Å². The van der Waals surface area contributed by atoms with Gasteiger partial charge in [0, 0.05) is 30.4 Å². The second-order valence-electron chi connectivity index (χ2n) is 2.33. The summed E-state index contributed by atoms with van der Waals surface area (Å²) >= 11 is 0. The largest absolute Gasteiger partial charge is 0.404 e. The normalized spacial score (nSPS) is 11.8. The van der Waals surface area contributed by atoms with Gasteiger partial charge in [-0.05, 0) is 12.1 Å². The van der Waals surface area contributed by atoms with Crippen LogP contribution in [0.3, 0.4) is 0 Å². The molecule has 1 aromatic rings. The van der Waals surface area contributed by atoms with Gasteiger partial charge in [-0.3, -0.25) is 9.98 Å². The number of hydrogen-bond donors (Lipinski definition) is 1. The van der Waals surface area contributed by atoms with Crippen molar-refractivity contribution in [3.05, 3.63) is 49.0 Å². The van der Waals surface area contributed by atoms with Crippen molar-refractivity contribution in [2.45, 2.75) is 0 Å². The SMILES string of the molecule is C=CC(C=Nc1ccncc1)=CN. The smallest absolute Gasteiger partial charge is 0.0660 e. The van der Waals surface area contributed by atoms with Crippen molar-refractivity contribution in [1.82, 2.24) is 4.98 Å². The fourth-order valence-corrected chi connectivity index (χ4v) is 0.743. The summed E-state index contributed by atoms with van der Waals surface area (Å²) in [5, 5.41) is 0. The van der Waals surface area contributed by atoms with Gasteiger partial charge in [0.2, 0.25) is 0 Å². The first-order chi connectivity index (χ1) is 6.36. The van der Waals surface area contributed by atoms with Crippen LogP contribution in [0.15, 0.2) is 53.9 Å². The lowest BCUT2D eigenvalue weighted by molar-refractivity contribution is 1.31. The first-order valence-electron chi connectivity index (χ1n) is 3.85. The van der Waals surface area contributed by atoms with Crippen LogP contribution in [0.25, 0.3) is 0 Å². The second kappa shape index (κ2) is 4.87. The molecule has 0 unspecified atom stereocenters. The third-order valence-electron chi connectivity index (χ3n) is 1.45. The number of allylic oxidation sites excluding steroid dienone is 2. The minimum atomic E-state index is 0.789. The molecule has 3 nitrogen and oxygen atoms in total. The van der Waals surface area contributed by atoms with E-state index in [2.05, 4.69) is 16.6 Å². The fourth-order valence-electron chi connectivity index (χ4n) is 0.743. The van der Waals surface area contributed by atoms with E-state index in [4.69, 9.17) is 5.73 Å². The Kier molecular flexibility index (Phi) is 3.45. The zero-order chi connectivity index (χ0) is 9.52. The summed E-state index contributed by atoms with van der Waals surface area (Å²) in [5.74, 6) is 0. The highest BCUT2D eigenvalue weighted by Crippen LogP contribution is 2.07. The van der Waals surface area contributed by atoms with E-state index in [-0.39, 0.29) is 0 Å². The minimum absolute atomic E-state index is 0.789. The van der Waals surface area contributed by atoms with Crippen molar-refractivity contribution in [3.63, 3.8) is 0 Å². The maximum absolute atomic E-state index is 5.31. The molecule has 1 rings (SSSR count). The number of aromatic nitrogens is 1. The Hall–Kier alpha value is -1.90. The van der Waals surface area contributed by atoms with E-state index in [0.29, 0.717) is 0 Å². The summed E-state index contributed by atoms with van der Waals surface area (Å²) in [6.07, 6.45) is 8.13. The lowest BCUT2D eigenvalue weighted by Gasteiger charge is -1.91. The molecule has 1 aromatic heterocycles. The van der Waals surface area contributed by atoms with Crippen LogP contribution in [0.5, 0.6) is 0 Å². The van der Waals surface area contributed by atoms with E-state index >= 15 is 0 Å². The van der Waals surface area contributed by atoms with Gasteiger partial charge in [-0.15, -0.1) is 0 Å². The van der Waals surface area contributed by atoms with E-state index in [1.54, 1.807) is 24.7 Å². The van der Waals surface area contributed by atoms with Gasteiger partial charge in [-0.25, -0.2) is 0 Å². The molecule has 0 radical (unpaired) electrons. The van der Waals surface area contributed by atoms with Crippen LogP contribution in [0, 0.1) is 0 Å². The standard InChI is InChI=1S/C10H11N3/c1-2-9(7-11)8-13-10-3-5-12-6-4-10/h2-8H,1,11H2. The Morgan fingerprint density at radius 1 is 1.46 bits per heavy atom. The summed E-state index contributed by atoms with van der Waals surface area (Å²) in [6.45, 7) is 3.59. The molecule has 2 N–H and O–H groups in total. The third kappa shape index (κ3) is 2.91. The van der Waals surface area contributed by atoms with E-state index in [9.17, 15) is 0 Å². The number of aliphatic imine (C=N–C) groups is 1. The van der Waals surface area contributed by atoms with Crippen LogP contribution < -0.4 is 5.73 Å². The van der Waals surface area contributed by atoms with Crippen LogP contribution in [-0.2, 0) is 0 Å². The average Bonchev–Trinajstić information content (AvgIpc) is 2.21. The highest BCUT2D eigenvalue weighted by atomic mass is 14.7. The summed E-state index contributed by atoms with van der Waals surface area (Å²) < 4.78 is 0. The van der Waals surface area contributed by atoms with Crippen LogP contribution >= 0.6 is 0 Å². The summed E-state index contributed by atoms with van der Waals surface area (Å²) in [4.78, 5) is 8.04.